The molecule has 0 radical (unpaired) electrons. The number of hydrogen-bond acceptors (Lipinski definition) is 3. The van der Waals surface area contributed by atoms with E-state index < -0.39 is 5.97 Å². The van der Waals surface area contributed by atoms with Crippen LogP contribution in [0.3, 0.4) is 0 Å². The van der Waals surface area contributed by atoms with E-state index in [2.05, 4.69) is 4.84 Å². The molecule has 0 aromatic rings. The molecule has 1 aliphatic rings. The molecular weight excluding hydrogens is 146 g/mol. The van der Waals surface area contributed by atoms with E-state index >= 15 is 0 Å². The molecule has 0 bridgehead atoms. The minimum atomic E-state index is -0.438. The van der Waals surface area contributed by atoms with Crippen molar-refractivity contribution in [3.05, 3.63) is 0 Å². The highest BCUT2D eigenvalue weighted by Gasteiger charge is 2.30. The van der Waals surface area contributed by atoms with Crippen molar-refractivity contribution >= 4 is 11.9 Å². The zero-order valence-electron chi connectivity index (χ0n) is 6.66. The lowest BCUT2D eigenvalue weighted by molar-refractivity contribution is -0.191. The van der Waals surface area contributed by atoms with E-state index in [0.717, 1.165) is 11.5 Å². The molecule has 0 aromatic heterocycles. The predicted octanol–water partition coefficient (Wildman–Crippen LogP) is 0.333. The van der Waals surface area contributed by atoms with Gasteiger partial charge in [-0.1, -0.05) is 6.92 Å². The summed E-state index contributed by atoms with van der Waals surface area (Å²) >= 11 is 0. The molecule has 0 N–H and O–H groups in total. The summed E-state index contributed by atoms with van der Waals surface area (Å²) in [5.41, 5.74) is 0. The fraction of sp³-hybridized carbons (Fsp3) is 0.714. The zero-order valence-corrected chi connectivity index (χ0v) is 6.66. The standard InChI is InChI=1S/C7H11NO3/c1-5-3-4-8(7(5)10)11-6(2)9/h5H,3-4H2,1-2H3. The van der Waals surface area contributed by atoms with Crippen LogP contribution in [0.25, 0.3) is 0 Å². The van der Waals surface area contributed by atoms with E-state index in [-0.39, 0.29) is 11.8 Å². The van der Waals surface area contributed by atoms with E-state index in [1.54, 1.807) is 0 Å². The normalized spacial score (nSPS) is 24.0. The van der Waals surface area contributed by atoms with Crippen LogP contribution in [0.15, 0.2) is 0 Å². The second-order valence-electron chi connectivity index (χ2n) is 2.71. The second-order valence-corrected chi connectivity index (χ2v) is 2.71. The fourth-order valence-electron chi connectivity index (χ4n) is 1.04. The van der Waals surface area contributed by atoms with Crippen molar-refractivity contribution < 1.29 is 14.4 Å². The summed E-state index contributed by atoms with van der Waals surface area (Å²) in [6.45, 7) is 3.64. The van der Waals surface area contributed by atoms with Gasteiger partial charge in [0.25, 0.3) is 5.91 Å². The Balaban J connectivity index is 2.49. The lowest BCUT2D eigenvalue weighted by Gasteiger charge is -2.12. The summed E-state index contributed by atoms with van der Waals surface area (Å²) in [6.07, 6.45) is 0.770. The summed E-state index contributed by atoms with van der Waals surface area (Å²) in [6, 6.07) is 0. The monoisotopic (exact) mass is 157 g/mol. The van der Waals surface area contributed by atoms with Gasteiger partial charge in [0.2, 0.25) is 0 Å². The highest BCUT2D eigenvalue weighted by molar-refractivity contribution is 5.81. The number of hydrogen-bond donors (Lipinski definition) is 0. The number of carbonyl (C=O) groups is 2. The molecule has 11 heavy (non-hydrogen) atoms. The Bertz CT molecular complexity index is 190. The van der Waals surface area contributed by atoms with Crippen LogP contribution in [0.1, 0.15) is 20.3 Å². The molecule has 4 nitrogen and oxygen atoms in total. The maximum Gasteiger partial charge on any atom is 0.329 e. The number of amides is 1. The van der Waals surface area contributed by atoms with Crippen LogP contribution >= 0.6 is 0 Å². The highest BCUT2D eigenvalue weighted by Crippen LogP contribution is 2.16. The molecule has 1 amide bonds. The first-order valence-corrected chi connectivity index (χ1v) is 3.61. The molecule has 0 spiro atoms. The molecule has 1 heterocycles. The number of nitrogens with zero attached hydrogens (tertiary/aromatic N) is 1. The first-order valence-electron chi connectivity index (χ1n) is 3.61. The second kappa shape index (κ2) is 2.90. The van der Waals surface area contributed by atoms with Crippen LogP contribution in [0.5, 0.6) is 0 Å². The molecule has 4 heteroatoms. The van der Waals surface area contributed by atoms with Gasteiger partial charge in [0, 0.05) is 12.8 Å². The molecule has 0 saturated carbocycles. The Kier molecular flexibility index (Phi) is 2.12. The predicted molar refractivity (Wildman–Crippen MR) is 37.3 cm³/mol. The van der Waals surface area contributed by atoms with Crippen LogP contribution in [0, 0.1) is 5.92 Å². The van der Waals surface area contributed by atoms with Gasteiger partial charge in [-0.2, -0.15) is 5.06 Å². The fourth-order valence-corrected chi connectivity index (χ4v) is 1.04. The Morgan fingerprint density at radius 2 is 2.36 bits per heavy atom. The van der Waals surface area contributed by atoms with Crippen molar-refractivity contribution in [1.82, 2.24) is 5.06 Å². The van der Waals surface area contributed by atoms with E-state index in [9.17, 15) is 9.59 Å². The molecule has 1 rings (SSSR count). The van der Waals surface area contributed by atoms with E-state index in [1.165, 1.54) is 6.92 Å². The number of carbonyl (C=O) groups excluding carboxylic acids is 2. The van der Waals surface area contributed by atoms with Crippen LogP contribution in [0.4, 0.5) is 0 Å². The minimum Gasteiger partial charge on any atom is -0.338 e. The first-order chi connectivity index (χ1) is 5.11. The summed E-state index contributed by atoms with van der Waals surface area (Å²) in [7, 11) is 0. The summed E-state index contributed by atoms with van der Waals surface area (Å²) in [5, 5.41) is 1.13. The van der Waals surface area contributed by atoms with Gasteiger partial charge in [0.05, 0.1) is 6.54 Å². The van der Waals surface area contributed by atoms with E-state index in [0.29, 0.717) is 6.54 Å². The third-order valence-electron chi connectivity index (χ3n) is 1.67. The van der Waals surface area contributed by atoms with Gasteiger partial charge in [-0.25, -0.2) is 0 Å². The lowest BCUT2D eigenvalue weighted by Crippen LogP contribution is -2.28. The Morgan fingerprint density at radius 3 is 2.73 bits per heavy atom. The van der Waals surface area contributed by atoms with Gasteiger partial charge >= 0.3 is 5.97 Å². The molecule has 0 aliphatic carbocycles. The average Bonchev–Trinajstić information content (AvgIpc) is 2.18. The van der Waals surface area contributed by atoms with Crippen LogP contribution in [-0.2, 0) is 14.4 Å². The van der Waals surface area contributed by atoms with E-state index in [1.807, 2.05) is 6.92 Å². The van der Waals surface area contributed by atoms with Gasteiger partial charge in [-0.3, -0.25) is 9.59 Å². The van der Waals surface area contributed by atoms with Crippen molar-refractivity contribution in [3.63, 3.8) is 0 Å². The Hall–Kier alpha value is -1.06. The molecule has 1 saturated heterocycles. The molecule has 1 unspecified atom stereocenters. The maximum absolute atomic E-state index is 11.1. The lowest BCUT2D eigenvalue weighted by atomic mass is 10.1. The molecular formula is C7H11NO3. The summed E-state index contributed by atoms with van der Waals surface area (Å²) in [5.74, 6) is -0.540. The first kappa shape index (κ1) is 8.04. The number of hydroxylamine groups is 2. The topological polar surface area (TPSA) is 46.6 Å². The van der Waals surface area contributed by atoms with Gasteiger partial charge in [-0.05, 0) is 6.42 Å². The van der Waals surface area contributed by atoms with Crippen LogP contribution < -0.4 is 0 Å². The molecule has 0 aromatic carbocycles. The quantitative estimate of drug-likeness (QED) is 0.551. The van der Waals surface area contributed by atoms with Gasteiger partial charge in [0.1, 0.15) is 0 Å². The minimum absolute atomic E-state index is 0.00523. The van der Waals surface area contributed by atoms with Crippen molar-refractivity contribution in [3.8, 4) is 0 Å². The van der Waals surface area contributed by atoms with Crippen molar-refractivity contribution in [2.45, 2.75) is 20.3 Å². The third-order valence-corrected chi connectivity index (χ3v) is 1.67. The molecule has 62 valence electrons. The molecule has 1 atom stereocenters. The van der Waals surface area contributed by atoms with Gasteiger partial charge in [-0.15, -0.1) is 0 Å². The SMILES string of the molecule is CC(=O)ON1CCC(C)C1=O. The smallest absolute Gasteiger partial charge is 0.329 e. The zero-order chi connectivity index (χ0) is 8.43. The summed E-state index contributed by atoms with van der Waals surface area (Å²) in [4.78, 5) is 26.2. The van der Waals surface area contributed by atoms with Crippen molar-refractivity contribution in [2.24, 2.45) is 5.92 Å². The Morgan fingerprint density at radius 1 is 1.73 bits per heavy atom. The number of rotatable bonds is 1. The molecule has 1 fully saturated rings. The highest BCUT2D eigenvalue weighted by atomic mass is 16.7. The largest absolute Gasteiger partial charge is 0.338 e. The average molecular weight is 157 g/mol. The van der Waals surface area contributed by atoms with E-state index in [4.69, 9.17) is 0 Å². The van der Waals surface area contributed by atoms with Crippen LogP contribution in [0.2, 0.25) is 0 Å². The summed E-state index contributed by atoms with van der Waals surface area (Å²) < 4.78 is 0. The maximum atomic E-state index is 11.1. The van der Waals surface area contributed by atoms with Crippen molar-refractivity contribution in [2.75, 3.05) is 6.54 Å². The van der Waals surface area contributed by atoms with Crippen molar-refractivity contribution in [1.29, 1.82) is 0 Å². The van der Waals surface area contributed by atoms with Crippen LogP contribution in [-0.4, -0.2) is 23.5 Å². The van der Waals surface area contributed by atoms with Gasteiger partial charge < -0.3 is 4.84 Å². The third kappa shape index (κ3) is 1.69. The van der Waals surface area contributed by atoms with Gasteiger partial charge in [0.15, 0.2) is 0 Å². The molecule has 1 aliphatic heterocycles. The Labute approximate surface area is 65.1 Å².